The van der Waals surface area contributed by atoms with Gasteiger partial charge in [-0.25, -0.2) is 0 Å². The molecule has 96 valence electrons. The fraction of sp³-hybridized carbons (Fsp3) is 0.0769. The molecule has 0 unspecified atom stereocenters. The molecular formula is C13H11ClN4O. The largest absolute Gasteiger partial charge is 0.376 e. The number of hydrogen-bond acceptors (Lipinski definition) is 4. The molecule has 0 aliphatic rings. The summed E-state index contributed by atoms with van der Waals surface area (Å²) in [4.78, 5) is 7.31. The molecule has 2 aromatic heterocycles. The Morgan fingerprint density at radius 3 is 3.00 bits per heavy atom. The number of nitrogens with zero attached hydrogens (tertiary/aromatic N) is 2. The van der Waals surface area contributed by atoms with E-state index in [-0.39, 0.29) is 0 Å². The van der Waals surface area contributed by atoms with Crippen LogP contribution in [0.25, 0.3) is 11.5 Å². The van der Waals surface area contributed by atoms with E-state index in [0.717, 1.165) is 11.4 Å². The first-order valence-electron chi connectivity index (χ1n) is 5.77. The predicted octanol–water partition coefficient (Wildman–Crippen LogP) is 3.33. The van der Waals surface area contributed by atoms with Crippen molar-refractivity contribution in [2.75, 3.05) is 5.32 Å². The number of hydrogen-bond donors (Lipinski definition) is 2. The van der Waals surface area contributed by atoms with Gasteiger partial charge in [0.1, 0.15) is 0 Å². The van der Waals surface area contributed by atoms with E-state index in [1.807, 2.05) is 42.6 Å². The molecule has 2 heterocycles. The van der Waals surface area contributed by atoms with Gasteiger partial charge in [-0.05, 0) is 30.3 Å². The summed E-state index contributed by atoms with van der Waals surface area (Å²) in [5, 5.41) is 7.76. The van der Waals surface area contributed by atoms with Gasteiger partial charge in [0.25, 0.3) is 0 Å². The van der Waals surface area contributed by atoms with Crippen LogP contribution in [0.3, 0.4) is 0 Å². The number of rotatable bonds is 4. The Morgan fingerprint density at radius 2 is 2.21 bits per heavy atom. The topological polar surface area (TPSA) is 66.7 Å². The molecule has 2 N–H and O–H groups in total. The molecule has 0 aliphatic heterocycles. The van der Waals surface area contributed by atoms with Crippen LogP contribution in [-0.4, -0.2) is 15.1 Å². The van der Waals surface area contributed by atoms with E-state index in [0.29, 0.717) is 23.3 Å². The zero-order chi connectivity index (χ0) is 13.1. The van der Waals surface area contributed by atoms with E-state index in [1.165, 1.54) is 0 Å². The fourth-order valence-electron chi connectivity index (χ4n) is 1.68. The van der Waals surface area contributed by atoms with Gasteiger partial charge in [-0.1, -0.05) is 22.8 Å². The Balaban J connectivity index is 1.68. The third-order valence-corrected chi connectivity index (χ3v) is 2.81. The number of benzene rings is 1. The summed E-state index contributed by atoms with van der Waals surface area (Å²) in [5.41, 5.74) is 1.74. The van der Waals surface area contributed by atoms with Crippen LogP contribution in [0.2, 0.25) is 5.02 Å². The van der Waals surface area contributed by atoms with Crippen molar-refractivity contribution in [3.8, 4) is 11.5 Å². The highest BCUT2D eigenvalue weighted by atomic mass is 35.5. The average molecular weight is 275 g/mol. The standard InChI is InChI=1S/C13H11ClN4O/c14-9-3-1-4-10(7-9)16-8-12-17-13(18-19-12)11-5-2-6-15-11/h1-7,15-16H,8H2. The van der Waals surface area contributed by atoms with Gasteiger partial charge in [0.05, 0.1) is 12.2 Å². The first kappa shape index (κ1) is 11.8. The number of nitrogens with one attached hydrogen (secondary N) is 2. The first-order valence-corrected chi connectivity index (χ1v) is 6.15. The van der Waals surface area contributed by atoms with Crippen molar-refractivity contribution in [3.05, 3.63) is 53.5 Å². The van der Waals surface area contributed by atoms with E-state index in [9.17, 15) is 0 Å². The van der Waals surface area contributed by atoms with Gasteiger partial charge in [0.15, 0.2) is 0 Å². The minimum atomic E-state index is 0.452. The lowest BCUT2D eigenvalue weighted by atomic mass is 10.3. The average Bonchev–Trinajstić information content (AvgIpc) is 3.07. The van der Waals surface area contributed by atoms with Gasteiger partial charge >= 0.3 is 0 Å². The van der Waals surface area contributed by atoms with Crippen LogP contribution >= 0.6 is 11.6 Å². The van der Waals surface area contributed by atoms with Gasteiger partial charge in [0.2, 0.25) is 11.7 Å². The second kappa shape index (κ2) is 5.16. The smallest absolute Gasteiger partial charge is 0.246 e. The number of aromatic nitrogens is 3. The van der Waals surface area contributed by atoms with Crippen molar-refractivity contribution in [2.24, 2.45) is 0 Å². The monoisotopic (exact) mass is 274 g/mol. The van der Waals surface area contributed by atoms with Gasteiger partial charge < -0.3 is 14.8 Å². The molecule has 0 saturated heterocycles. The van der Waals surface area contributed by atoms with Crippen LogP contribution in [0, 0.1) is 0 Å². The maximum atomic E-state index is 5.90. The Morgan fingerprint density at radius 1 is 1.26 bits per heavy atom. The molecular weight excluding hydrogens is 264 g/mol. The van der Waals surface area contributed by atoms with Crippen molar-refractivity contribution in [1.82, 2.24) is 15.1 Å². The maximum Gasteiger partial charge on any atom is 0.246 e. The van der Waals surface area contributed by atoms with E-state index in [4.69, 9.17) is 16.1 Å². The van der Waals surface area contributed by atoms with E-state index in [2.05, 4.69) is 20.4 Å². The summed E-state index contributed by atoms with van der Waals surface area (Å²) < 4.78 is 5.16. The second-order valence-corrected chi connectivity index (χ2v) is 4.40. The number of aromatic amines is 1. The van der Waals surface area contributed by atoms with Crippen molar-refractivity contribution in [2.45, 2.75) is 6.54 Å². The molecule has 0 fully saturated rings. The lowest BCUT2D eigenvalue weighted by molar-refractivity contribution is 0.384. The molecule has 3 aromatic rings. The summed E-state index contributed by atoms with van der Waals surface area (Å²) in [5.74, 6) is 1.07. The van der Waals surface area contributed by atoms with Crippen LogP contribution in [0.1, 0.15) is 5.89 Å². The molecule has 0 atom stereocenters. The zero-order valence-corrected chi connectivity index (χ0v) is 10.7. The van der Waals surface area contributed by atoms with E-state index < -0.39 is 0 Å². The molecule has 3 rings (SSSR count). The SMILES string of the molecule is Clc1cccc(NCc2nc(-c3ccc[nH]3)no2)c1. The van der Waals surface area contributed by atoms with Crippen LogP contribution in [0.15, 0.2) is 47.1 Å². The summed E-state index contributed by atoms with van der Waals surface area (Å²) in [6.07, 6.45) is 1.82. The Kier molecular flexibility index (Phi) is 3.20. The minimum absolute atomic E-state index is 0.452. The lowest BCUT2D eigenvalue weighted by Crippen LogP contribution is -1.99. The number of H-pyrrole nitrogens is 1. The molecule has 0 amide bonds. The third-order valence-electron chi connectivity index (χ3n) is 2.58. The Bertz CT molecular complexity index is 663. The Labute approximate surface area is 114 Å². The van der Waals surface area contributed by atoms with Crippen LogP contribution in [0.5, 0.6) is 0 Å². The molecule has 1 aromatic carbocycles. The summed E-state index contributed by atoms with van der Waals surface area (Å²) in [6, 6.07) is 11.2. The minimum Gasteiger partial charge on any atom is -0.376 e. The molecule has 6 heteroatoms. The maximum absolute atomic E-state index is 5.90. The number of halogens is 1. The third kappa shape index (κ3) is 2.77. The van der Waals surface area contributed by atoms with Crippen molar-refractivity contribution in [1.29, 1.82) is 0 Å². The van der Waals surface area contributed by atoms with Gasteiger partial charge in [-0.2, -0.15) is 4.98 Å². The molecule has 0 saturated carbocycles. The molecule has 0 radical (unpaired) electrons. The highest BCUT2D eigenvalue weighted by Gasteiger charge is 2.08. The van der Waals surface area contributed by atoms with Crippen molar-refractivity contribution in [3.63, 3.8) is 0 Å². The van der Waals surface area contributed by atoms with E-state index in [1.54, 1.807) is 0 Å². The van der Waals surface area contributed by atoms with Crippen LogP contribution in [0.4, 0.5) is 5.69 Å². The van der Waals surface area contributed by atoms with Crippen LogP contribution in [-0.2, 0) is 6.54 Å². The molecule has 0 spiro atoms. The highest BCUT2D eigenvalue weighted by molar-refractivity contribution is 6.30. The second-order valence-electron chi connectivity index (χ2n) is 3.96. The molecule has 0 aliphatic carbocycles. The first-order chi connectivity index (χ1) is 9.31. The lowest BCUT2D eigenvalue weighted by Gasteiger charge is -2.02. The van der Waals surface area contributed by atoms with E-state index >= 15 is 0 Å². The fourth-order valence-corrected chi connectivity index (χ4v) is 1.87. The number of anilines is 1. The van der Waals surface area contributed by atoms with Crippen molar-refractivity contribution >= 4 is 17.3 Å². The quantitative estimate of drug-likeness (QED) is 0.766. The predicted molar refractivity (Wildman–Crippen MR) is 72.9 cm³/mol. The summed E-state index contributed by atoms with van der Waals surface area (Å²) in [6.45, 7) is 0.452. The zero-order valence-electron chi connectivity index (χ0n) is 9.93. The molecule has 5 nitrogen and oxygen atoms in total. The van der Waals surface area contributed by atoms with Crippen molar-refractivity contribution < 1.29 is 4.52 Å². The van der Waals surface area contributed by atoms with Crippen LogP contribution < -0.4 is 5.32 Å². The normalized spacial score (nSPS) is 10.6. The summed E-state index contributed by atoms with van der Waals surface area (Å²) in [7, 11) is 0. The highest BCUT2D eigenvalue weighted by Crippen LogP contribution is 2.16. The summed E-state index contributed by atoms with van der Waals surface area (Å²) >= 11 is 5.90. The van der Waals surface area contributed by atoms with Gasteiger partial charge in [-0.3, -0.25) is 0 Å². The molecule has 0 bridgehead atoms. The van der Waals surface area contributed by atoms with Gasteiger partial charge in [-0.15, -0.1) is 0 Å². The molecule has 19 heavy (non-hydrogen) atoms. The van der Waals surface area contributed by atoms with Gasteiger partial charge in [0, 0.05) is 16.9 Å². The Hall–Kier alpha value is -2.27.